The van der Waals surface area contributed by atoms with E-state index in [4.69, 9.17) is 0 Å². The van der Waals surface area contributed by atoms with Crippen LogP contribution in [0.15, 0.2) is 59.5 Å². The van der Waals surface area contributed by atoms with Crippen molar-refractivity contribution in [1.29, 1.82) is 0 Å². The molecule has 0 saturated carbocycles. The first-order chi connectivity index (χ1) is 14.6. The zero-order valence-electron chi connectivity index (χ0n) is 18.5. The monoisotopic (exact) mass is 444 g/mol. The molecule has 31 heavy (non-hydrogen) atoms. The second-order valence-corrected chi connectivity index (χ2v) is 10.7. The summed E-state index contributed by atoms with van der Waals surface area (Å²) in [6, 6.07) is 16.7. The molecular formula is C23H32N4O3S. The summed E-state index contributed by atoms with van der Waals surface area (Å²) in [5.41, 5.74) is 1.19. The van der Waals surface area contributed by atoms with Gasteiger partial charge in [0.2, 0.25) is 15.9 Å². The molecule has 1 heterocycles. The Morgan fingerprint density at radius 3 is 2.23 bits per heavy atom. The fourth-order valence-electron chi connectivity index (χ4n) is 3.55. The maximum absolute atomic E-state index is 12.5. The maximum Gasteiger partial charge on any atom is 0.241 e. The average molecular weight is 445 g/mol. The van der Waals surface area contributed by atoms with Crippen molar-refractivity contribution >= 4 is 21.6 Å². The lowest BCUT2D eigenvalue weighted by Crippen LogP contribution is -2.48. The van der Waals surface area contributed by atoms with Crippen LogP contribution in [0.2, 0.25) is 0 Å². The SMILES string of the molecule is CC(C)(C)NS(=O)(=O)c1cccc(NC(=O)CN2CCN(Cc3ccccc3)CC2)c1. The Labute approximate surface area is 185 Å². The van der Waals surface area contributed by atoms with E-state index >= 15 is 0 Å². The number of nitrogens with one attached hydrogen (secondary N) is 2. The molecule has 1 aliphatic rings. The minimum Gasteiger partial charge on any atom is -0.325 e. The Hall–Kier alpha value is -2.26. The van der Waals surface area contributed by atoms with Crippen LogP contribution < -0.4 is 10.0 Å². The molecule has 7 nitrogen and oxygen atoms in total. The highest BCUT2D eigenvalue weighted by Gasteiger charge is 2.23. The fourth-order valence-corrected chi connectivity index (χ4v) is 5.02. The molecule has 2 aromatic carbocycles. The Balaban J connectivity index is 1.50. The van der Waals surface area contributed by atoms with Crippen LogP contribution in [0.4, 0.5) is 5.69 Å². The lowest BCUT2D eigenvalue weighted by atomic mass is 10.1. The molecule has 0 unspecified atom stereocenters. The number of benzene rings is 2. The highest BCUT2D eigenvalue weighted by atomic mass is 32.2. The number of piperazine rings is 1. The quantitative estimate of drug-likeness (QED) is 0.686. The Bertz CT molecular complexity index is 979. The Kier molecular flexibility index (Phi) is 7.48. The van der Waals surface area contributed by atoms with Gasteiger partial charge in [0.05, 0.1) is 11.4 Å². The molecule has 1 aliphatic heterocycles. The summed E-state index contributed by atoms with van der Waals surface area (Å²) in [6.45, 7) is 10.0. The molecule has 0 aromatic heterocycles. The molecule has 0 bridgehead atoms. The van der Waals surface area contributed by atoms with Gasteiger partial charge in [0.25, 0.3) is 0 Å². The summed E-state index contributed by atoms with van der Waals surface area (Å²) < 4.78 is 27.7. The van der Waals surface area contributed by atoms with Gasteiger partial charge in [-0.25, -0.2) is 13.1 Å². The number of sulfonamides is 1. The molecule has 1 fully saturated rings. The topological polar surface area (TPSA) is 81.8 Å². The van der Waals surface area contributed by atoms with Gasteiger partial charge in [0.1, 0.15) is 0 Å². The van der Waals surface area contributed by atoms with Gasteiger partial charge >= 0.3 is 0 Å². The van der Waals surface area contributed by atoms with Crippen molar-refractivity contribution in [3.8, 4) is 0 Å². The Morgan fingerprint density at radius 2 is 1.58 bits per heavy atom. The minimum atomic E-state index is -3.65. The van der Waals surface area contributed by atoms with Gasteiger partial charge in [-0.1, -0.05) is 36.4 Å². The smallest absolute Gasteiger partial charge is 0.241 e. The summed E-state index contributed by atoms with van der Waals surface area (Å²) in [7, 11) is -3.65. The largest absolute Gasteiger partial charge is 0.325 e. The lowest BCUT2D eigenvalue weighted by Gasteiger charge is -2.34. The summed E-state index contributed by atoms with van der Waals surface area (Å²) in [6.07, 6.45) is 0. The first-order valence-corrected chi connectivity index (χ1v) is 12.0. The number of hydrogen-bond acceptors (Lipinski definition) is 5. The second-order valence-electron chi connectivity index (χ2n) is 8.97. The molecule has 2 aromatic rings. The Morgan fingerprint density at radius 1 is 0.935 bits per heavy atom. The number of rotatable bonds is 7. The van der Waals surface area contributed by atoms with E-state index in [-0.39, 0.29) is 17.3 Å². The van der Waals surface area contributed by atoms with Gasteiger partial charge in [0.15, 0.2) is 0 Å². The van der Waals surface area contributed by atoms with Crippen molar-refractivity contribution in [1.82, 2.24) is 14.5 Å². The first kappa shape index (κ1) is 23.4. The van der Waals surface area contributed by atoms with E-state index in [1.165, 1.54) is 17.7 Å². The molecule has 0 spiro atoms. The summed E-state index contributed by atoms with van der Waals surface area (Å²) >= 11 is 0. The molecule has 0 atom stereocenters. The summed E-state index contributed by atoms with van der Waals surface area (Å²) in [4.78, 5) is 17.2. The van der Waals surface area contributed by atoms with E-state index in [0.29, 0.717) is 5.69 Å². The molecule has 1 amide bonds. The third-order valence-electron chi connectivity index (χ3n) is 4.95. The van der Waals surface area contributed by atoms with Gasteiger partial charge in [-0.05, 0) is 44.5 Å². The van der Waals surface area contributed by atoms with Gasteiger partial charge < -0.3 is 5.32 Å². The zero-order chi connectivity index (χ0) is 22.5. The molecular weight excluding hydrogens is 412 g/mol. The third kappa shape index (κ3) is 7.43. The number of nitrogens with zero attached hydrogens (tertiary/aromatic N) is 2. The van der Waals surface area contributed by atoms with E-state index in [0.717, 1.165) is 32.7 Å². The van der Waals surface area contributed by atoms with Crippen LogP contribution in [-0.4, -0.2) is 62.4 Å². The van der Waals surface area contributed by atoms with Crippen LogP contribution in [0.25, 0.3) is 0 Å². The normalized spacial score (nSPS) is 16.2. The maximum atomic E-state index is 12.5. The fraction of sp³-hybridized carbons (Fsp3) is 0.435. The third-order valence-corrected chi connectivity index (χ3v) is 6.71. The standard InChI is InChI=1S/C23H32N4O3S/c1-23(2,3)25-31(29,30)21-11-7-10-20(16-21)24-22(28)18-27-14-12-26(13-15-27)17-19-8-5-4-6-9-19/h4-11,16,25H,12-15,17-18H2,1-3H3,(H,24,28). The first-order valence-electron chi connectivity index (χ1n) is 10.5. The lowest BCUT2D eigenvalue weighted by molar-refractivity contribution is -0.117. The molecule has 0 aliphatic carbocycles. The number of hydrogen-bond donors (Lipinski definition) is 2. The average Bonchev–Trinajstić information content (AvgIpc) is 2.69. The van der Waals surface area contributed by atoms with Gasteiger partial charge in [-0.2, -0.15) is 0 Å². The second kappa shape index (κ2) is 9.91. The van der Waals surface area contributed by atoms with Crippen LogP contribution >= 0.6 is 0 Å². The number of anilines is 1. The van der Waals surface area contributed by atoms with E-state index in [1.54, 1.807) is 32.9 Å². The molecule has 0 radical (unpaired) electrons. The van der Waals surface area contributed by atoms with Crippen molar-refractivity contribution in [3.05, 3.63) is 60.2 Å². The van der Waals surface area contributed by atoms with Gasteiger partial charge in [0, 0.05) is 44.0 Å². The van der Waals surface area contributed by atoms with Gasteiger partial charge in [-0.15, -0.1) is 0 Å². The predicted molar refractivity (Wildman–Crippen MR) is 123 cm³/mol. The van der Waals surface area contributed by atoms with Crippen molar-refractivity contribution in [2.75, 3.05) is 38.0 Å². The van der Waals surface area contributed by atoms with Crippen LogP contribution in [0.3, 0.4) is 0 Å². The number of carbonyl (C=O) groups excluding carboxylic acids is 1. The molecule has 8 heteroatoms. The van der Waals surface area contributed by atoms with Crippen molar-refractivity contribution < 1.29 is 13.2 Å². The number of amides is 1. The molecule has 168 valence electrons. The highest BCUT2D eigenvalue weighted by Crippen LogP contribution is 2.18. The number of carbonyl (C=O) groups is 1. The van der Waals surface area contributed by atoms with E-state index in [9.17, 15) is 13.2 Å². The molecule has 1 saturated heterocycles. The highest BCUT2D eigenvalue weighted by molar-refractivity contribution is 7.89. The van der Waals surface area contributed by atoms with Crippen LogP contribution in [0.1, 0.15) is 26.3 Å². The van der Waals surface area contributed by atoms with Crippen LogP contribution in [0, 0.1) is 0 Å². The van der Waals surface area contributed by atoms with Crippen LogP contribution in [-0.2, 0) is 21.4 Å². The van der Waals surface area contributed by atoms with Crippen molar-refractivity contribution in [2.45, 2.75) is 37.8 Å². The van der Waals surface area contributed by atoms with Crippen LogP contribution in [0.5, 0.6) is 0 Å². The van der Waals surface area contributed by atoms with E-state index < -0.39 is 15.6 Å². The van der Waals surface area contributed by atoms with Gasteiger partial charge in [-0.3, -0.25) is 14.6 Å². The zero-order valence-corrected chi connectivity index (χ0v) is 19.3. The minimum absolute atomic E-state index is 0.134. The summed E-state index contributed by atoms with van der Waals surface area (Å²) in [5, 5.41) is 2.83. The van der Waals surface area contributed by atoms with E-state index in [1.807, 2.05) is 6.07 Å². The van der Waals surface area contributed by atoms with Crippen molar-refractivity contribution in [2.24, 2.45) is 0 Å². The van der Waals surface area contributed by atoms with E-state index in [2.05, 4.69) is 44.1 Å². The molecule has 2 N–H and O–H groups in total. The van der Waals surface area contributed by atoms with Crippen molar-refractivity contribution in [3.63, 3.8) is 0 Å². The molecule has 3 rings (SSSR count). The predicted octanol–water partition coefficient (Wildman–Crippen LogP) is 2.52. The summed E-state index contributed by atoms with van der Waals surface area (Å²) in [5.74, 6) is -0.144.